The summed E-state index contributed by atoms with van der Waals surface area (Å²) >= 11 is 0. The molecule has 0 fully saturated rings. The maximum Gasteiger partial charge on any atom is 0.263 e. The zero-order valence-corrected chi connectivity index (χ0v) is 18.2. The summed E-state index contributed by atoms with van der Waals surface area (Å²) in [4.78, 5) is 15.0. The van der Waals surface area contributed by atoms with E-state index in [1.165, 1.54) is 4.31 Å². The van der Waals surface area contributed by atoms with Crippen LogP contribution in [0.1, 0.15) is 23.5 Å². The Balaban J connectivity index is 1.64. The van der Waals surface area contributed by atoms with Crippen molar-refractivity contribution in [3.8, 4) is 6.07 Å². The third kappa shape index (κ3) is 4.35. The van der Waals surface area contributed by atoms with Crippen LogP contribution in [0, 0.1) is 11.3 Å². The number of carbonyl (C=O) groups excluding carboxylic acids is 1. The molecule has 1 aromatic heterocycles. The van der Waals surface area contributed by atoms with Crippen LogP contribution >= 0.6 is 0 Å². The fourth-order valence-electron chi connectivity index (χ4n) is 3.62. The van der Waals surface area contributed by atoms with Gasteiger partial charge in [-0.25, -0.2) is 8.42 Å². The van der Waals surface area contributed by atoms with E-state index < -0.39 is 10.0 Å². The predicted octanol–water partition coefficient (Wildman–Crippen LogP) is 4.17. The van der Waals surface area contributed by atoms with Crippen LogP contribution in [0.3, 0.4) is 0 Å². The Morgan fingerprint density at radius 3 is 2.50 bits per heavy atom. The monoisotopic (exact) mass is 447 g/mol. The number of carbonyl (C=O) groups is 1. The van der Waals surface area contributed by atoms with E-state index in [2.05, 4.69) is 0 Å². The van der Waals surface area contributed by atoms with Crippen molar-refractivity contribution in [2.45, 2.75) is 13.0 Å². The van der Waals surface area contributed by atoms with Gasteiger partial charge in [0.15, 0.2) is 0 Å². The first-order valence-corrected chi connectivity index (χ1v) is 11.8. The number of sulfonamides is 1. The highest BCUT2D eigenvalue weighted by molar-refractivity contribution is 7.88. The zero-order valence-electron chi connectivity index (χ0n) is 17.4. The molecule has 0 bridgehead atoms. The lowest BCUT2D eigenvalue weighted by Crippen LogP contribution is -2.30. The fourth-order valence-corrected chi connectivity index (χ4v) is 4.41. The number of hydrogen-bond donors (Lipinski definition) is 0. The predicted molar refractivity (Wildman–Crippen MR) is 122 cm³/mol. The molecule has 0 atom stereocenters. The van der Waals surface area contributed by atoms with Crippen LogP contribution in [0.25, 0.3) is 11.6 Å². The number of nitrogens with zero attached hydrogens (tertiary/aromatic N) is 3. The molecule has 4 rings (SSSR count). The van der Waals surface area contributed by atoms with Gasteiger partial charge in [-0.05, 0) is 36.4 Å². The first-order valence-electron chi connectivity index (χ1n) is 10.00. The van der Waals surface area contributed by atoms with E-state index in [1.807, 2.05) is 60.7 Å². The van der Waals surface area contributed by atoms with Gasteiger partial charge in [-0.2, -0.15) is 9.57 Å². The number of fused-ring (bicyclic) bond motifs is 1. The average Bonchev–Trinajstić information content (AvgIpc) is 3.33. The second kappa shape index (κ2) is 8.83. The van der Waals surface area contributed by atoms with Gasteiger partial charge in [-0.1, -0.05) is 36.4 Å². The maximum absolute atomic E-state index is 13.3. The van der Waals surface area contributed by atoms with Crippen LogP contribution in [-0.2, 0) is 21.4 Å². The van der Waals surface area contributed by atoms with Crippen molar-refractivity contribution in [3.63, 3.8) is 0 Å². The first kappa shape index (κ1) is 21.6. The molecule has 0 saturated heterocycles. The van der Waals surface area contributed by atoms with E-state index in [1.54, 1.807) is 23.1 Å². The van der Waals surface area contributed by atoms with Crippen LogP contribution in [0.5, 0.6) is 0 Å². The molecule has 0 radical (unpaired) electrons. The van der Waals surface area contributed by atoms with Crippen LogP contribution < -0.4 is 4.90 Å². The molecule has 2 heterocycles. The minimum absolute atomic E-state index is 0.0182. The molecule has 8 heteroatoms. The van der Waals surface area contributed by atoms with Gasteiger partial charge >= 0.3 is 0 Å². The molecule has 7 nitrogen and oxygen atoms in total. The molecule has 0 N–H and O–H groups in total. The molecular weight excluding hydrogens is 426 g/mol. The molecule has 1 aliphatic heterocycles. The molecule has 162 valence electrons. The Bertz CT molecular complexity index is 1320. The van der Waals surface area contributed by atoms with Gasteiger partial charge in [-0.15, -0.1) is 0 Å². The van der Waals surface area contributed by atoms with Gasteiger partial charge in [0.05, 0.1) is 30.1 Å². The summed E-state index contributed by atoms with van der Waals surface area (Å²) in [7, 11) is -3.49. The number of hydrogen-bond acceptors (Lipinski definition) is 5. The molecule has 0 saturated carbocycles. The highest BCUT2D eigenvalue weighted by atomic mass is 32.2. The van der Waals surface area contributed by atoms with E-state index in [4.69, 9.17) is 9.68 Å². The van der Waals surface area contributed by atoms with Gasteiger partial charge in [0.25, 0.3) is 5.91 Å². The van der Waals surface area contributed by atoms with Gasteiger partial charge in [0.1, 0.15) is 11.5 Å². The third-order valence-electron chi connectivity index (χ3n) is 5.13. The van der Waals surface area contributed by atoms with E-state index in [0.717, 1.165) is 23.2 Å². The second-order valence-electron chi connectivity index (χ2n) is 7.36. The fraction of sp³-hybridized carbons (Fsp3) is 0.167. The molecule has 2 aromatic carbocycles. The van der Waals surface area contributed by atoms with Crippen molar-refractivity contribution in [1.82, 2.24) is 4.31 Å². The van der Waals surface area contributed by atoms with Gasteiger partial charge in [-0.3, -0.25) is 9.69 Å². The molecular formula is C24H21N3O4S. The summed E-state index contributed by atoms with van der Waals surface area (Å²) < 4.78 is 31.0. The smallest absolute Gasteiger partial charge is 0.263 e. The molecule has 0 aliphatic carbocycles. The Kier molecular flexibility index (Phi) is 5.95. The SMILES string of the molecule is CS(=O)(=O)N(CCC#N)Cc1ccc(C=C2C(=O)N(c3ccccc3)c3ccccc32)o1. The molecule has 3 aromatic rings. The molecule has 0 unspecified atom stereocenters. The van der Waals surface area contributed by atoms with Crippen molar-refractivity contribution in [2.24, 2.45) is 0 Å². The minimum atomic E-state index is -3.49. The maximum atomic E-state index is 13.3. The van der Waals surface area contributed by atoms with Crippen molar-refractivity contribution >= 4 is 39.0 Å². The Morgan fingerprint density at radius 1 is 1.06 bits per heavy atom. The second-order valence-corrected chi connectivity index (χ2v) is 9.34. The van der Waals surface area contributed by atoms with E-state index >= 15 is 0 Å². The zero-order chi connectivity index (χ0) is 22.7. The lowest BCUT2D eigenvalue weighted by molar-refractivity contribution is -0.112. The van der Waals surface area contributed by atoms with Crippen molar-refractivity contribution in [1.29, 1.82) is 5.26 Å². The van der Waals surface area contributed by atoms with E-state index in [-0.39, 0.29) is 25.4 Å². The number of nitriles is 1. The van der Waals surface area contributed by atoms with Crippen molar-refractivity contribution < 1.29 is 17.6 Å². The van der Waals surface area contributed by atoms with Crippen LogP contribution in [0.4, 0.5) is 11.4 Å². The minimum Gasteiger partial charge on any atom is -0.460 e. The lowest BCUT2D eigenvalue weighted by atomic mass is 10.1. The van der Waals surface area contributed by atoms with Gasteiger partial charge in [0.2, 0.25) is 10.0 Å². The summed E-state index contributed by atoms with van der Waals surface area (Å²) in [6, 6.07) is 22.3. The average molecular weight is 448 g/mol. The van der Waals surface area contributed by atoms with E-state index in [9.17, 15) is 13.2 Å². The summed E-state index contributed by atoms with van der Waals surface area (Å²) in [6.45, 7) is 0.106. The number of furan rings is 1. The molecule has 1 aliphatic rings. The first-order chi connectivity index (χ1) is 15.4. The van der Waals surface area contributed by atoms with Gasteiger partial charge in [0, 0.05) is 24.2 Å². The number of anilines is 2. The highest BCUT2D eigenvalue weighted by Gasteiger charge is 2.33. The van der Waals surface area contributed by atoms with E-state index in [0.29, 0.717) is 17.1 Å². The highest BCUT2D eigenvalue weighted by Crippen LogP contribution is 2.42. The van der Waals surface area contributed by atoms with Crippen molar-refractivity contribution in [3.05, 3.63) is 83.8 Å². The number of para-hydroxylation sites is 2. The Morgan fingerprint density at radius 2 is 1.78 bits per heavy atom. The Hall–Kier alpha value is -3.67. The standard InChI is InChI=1S/C24H21N3O4S/c1-32(29,30)26(15-7-14-25)17-20-13-12-19(31-20)16-22-21-10-5-6-11-23(21)27(24(22)28)18-8-3-2-4-9-18/h2-6,8-13,16H,7,15,17H2,1H3. The molecule has 0 spiro atoms. The van der Waals surface area contributed by atoms with Crippen LogP contribution in [-0.4, -0.2) is 31.4 Å². The third-order valence-corrected chi connectivity index (χ3v) is 6.38. The normalized spacial score (nSPS) is 14.7. The van der Waals surface area contributed by atoms with Crippen molar-refractivity contribution in [2.75, 3.05) is 17.7 Å². The summed E-state index contributed by atoms with van der Waals surface area (Å²) in [5.74, 6) is 0.711. The number of amides is 1. The largest absolute Gasteiger partial charge is 0.460 e. The number of rotatable bonds is 7. The molecule has 1 amide bonds. The summed E-state index contributed by atoms with van der Waals surface area (Å²) in [5.41, 5.74) is 2.86. The summed E-state index contributed by atoms with van der Waals surface area (Å²) in [6.07, 6.45) is 2.86. The quantitative estimate of drug-likeness (QED) is 0.507. The molecule has 32 heavy (non-hydrogen) atoms. The number of benzene rings is 2. The Labute approximate surface area is 186 Å². The van der Waals surface area contributed by atoms with Crippen LogP contribution in [0.15, 0.2) is 71.1 Å². The summed E-state index contributed by atoms with van der Waals surface area (Å²) in [5, 5.41) is 8.78. The lowest BCUT2D eigenvalue weighted by Gasteiger charge is -2.17. The van der Waals surface area contributed by atoms with Crippen LogP contribution in [0.2, 0.25) is 0 Å². The topological polar surface area (TPSA) is 94.6 Å². The van der Waals surface area contributed by atoms with Gasteiger partial charge < -0.3 is 4.42 Å².